The summed E-state index contributed by atoms with van der Waals surface area (Å²) in [7, 11) is 0. The number of hydrogen-bond acceptors (Lipinski definition) is 3. The van der Waals surface area contributed by atoms with Crippen molar-refractivity contribution in [1.29, 1.82) is 0 Å². The molecule has 132 valence electrons. The highest BCUT2D eigenvalue weighted by Crippen LogP contribution is 2.25. The molecule has 3 rings (SSSR count). The SMILES string of the molecule is CCOc1ccccc1C(=O)Nc1ccc(Oc2cccc(C)c2)cc1. The van der Waals surface area contributed by atoms with Crippen LogP contribution in [-0.4, -0.2) is 12.5 Å². The Bertz CT molecular complexity index is 888. The molecule has 0 heterocycles. The zero-order valence-electron chi connectivity index (χ0n) is 14.9. The van der Waals surface area contributed by atoms with Gasteiger partial charge < -0.3 is 14.8 Å². The highest BCUT2D eigenvalue weighted by atomic mass is 16.5. The fourth-order valence-electron chi connectivity index (χ4n) is 2.56. The summed E-state index contributed by atoms with van der Waals surface area (Å²) >= 11 is 0. The van der Waals surface area contributed by atoms with E-state index in [9.17, 15) is 4.79 Å². The van der Waals surface area contributed by atoms with Crippen molar-refractivity contribution in [2.24, 2.45) is 0 Å². The first-order valence-corrected chi connectivity index (χ1v) is 8.53. The Morgan fingerprint density at radius 1 is 0.923 bits per heavy atom. The minimum absolute atomic E-state index is 0.207. The zero-order chi connectivity index (χ0) is 18.4. The van der Waals surface area contributed by atoms with Crippen LogP contribution >= 0.6 is 0 Å². The van der Waals surface area contributed by atoms with E-state index in [1.165, 1.54) is 0 Å². The van der Waals surface area contributed by atoms with Crippen LogP contribution in [0.2, 0.25) is 0 Å². The molecule has 0 bridgehead atoms. The van der Waals surface area contributed by atoms with E-state index in [-0.39, 0.29) is 5.91 Å². The molecule has 0 unspecified atom stereocenters. The molecular weight excluding hydrogens is 326 g/mol. The summed E-state index contributed by atoms with van der Waals surface area (Å²) in [6.45, 7) is 4.42. The summed E-state index contributed by atoms with van der Waals surface area (Å²) in [5.74, 6) is 1.86. The third-order valence-electron chi connectivity index (χ3n) is 3.77. The fourth-order valence-corrected chi connectivity index (χ4v) is 2.56. The Morgan fingerprint density at radius 2 is 1.69 bits per heavy atom. The molecule has 0 radical (unpaired) electrons. The zero-order valence-corrected chi connectivity index (χ0v) is 14.9. The Balaban J connectivity index is 1.68. The molecule has 0 aromatic heterocycles. The Hall–Kier alpha value is -3.27. The molecule has 0 spiro atoms. The third kappa shape index (κ3) is 4.42. The van der Waals surface area contributed by atoms with E-state index in [0.29, 0.717) is 29.4 Å². The van der Waals surface area contributed by atoms with Crippen LogP contribution in [-0.2, 0) is 0 Å². The van der Waals surface area contributed by atoms with Crippen LogP contribution in [0.15, 0.2) is 72.8 Å². The van der Waals surface area contributed by atoms with Crippen LogP contribution in [0.4, 0.5) is 5.69 Å². The molecule has 1 N–H and O–H groups in total. The number of anilines is 1. The van der Waals surface area contributed by atoms with Crippen molar-refractivity contribution in [2.75, 3.05) is 11.9 Å². The molecule has 0 aliphatic rings. The van der Waals surface area contributed by atoms with Crippen molar-refractivity contribution in [3.63, 3.8) is 0 Å². The summed E-state index contributed by atoms with van der Waals surface area (Å²) in [6, 6.07) is 22.3. The molecule has 0 saturated heterocycles. The van der Waals surface area contributed by atoms with Crippen LogP contribution in [0.3, 0.4) is 0 Å². The lowest BCUT2D eigenvalue weighted by atomic mass is 10.2. The Morgan fingerprint density at radius 3 is 2.42 bits per heavy atom. The number of amides is 1. The topological polar surface area (TPSA) is 47.6 Å². The molecule has 0 fully saturated rings. The molecule has 3 aromatic rings. The first-order chi connectivity index (χ1) is 12.7. The minimum atomic E-state index is -0.207. The van der Waals surface area contributed by atoms with Gasteiger partial charge in [0.2, 0.25) is 0 Å². The number of hydrogen-bond donors (Lipinski definition) is 1. The van der Waals surface area contributed by atoms with E-state index in [4.69, 9.17) is 9.47 Å². The highest BCUT2D eigenvalue weighted by molar-refractivity contribution is 6.06. The van der Waals surface area contributed by atoms with Gasteiger partial charge in [-0.1, -0.05) is 24.3 Å². The average Bonchev–Trinajstić information content (AvgIpc) is 2.64. The van der Waals surface area contributed by atoms with Crippen molar-refractivity contribution in [3.05, 3.63) is 83.9 Å². The van der Waals surface area contributed by atoms with E-state index >= 15 is 0 Å². The van der Waals surface area contributed by atoms with E-state index in [0.717, 1.165) is 11.3 Å². The van der Waals surface area contributed by atoms with Crippen molar-refractivity contribution in [3.8, 4) is 17.2 Å². The summed E-state index contributed by atoms with van der Waals surface area (Å²) in [6.07, 6.45) is 0. The second-order valence-electron chi connectivity index (χ2n) is 5.83. The maximum absolute atomic E-state index is 12.5. The van der Waals surface area contributed by atoms with Crippen LogP contribution < -0.4 is 14.8 Å². The van der Waals surface area contributed by atoms with Gasteiger partial charge in [0, 0.05) is 5.69 Å². The maximum atomic E-state index is 12.5. The van der Waals surface area contributed by atoms with E-state index in [1.54, 1.807) is 12.1 Å². The molecule has 1 amide bonds. The van der Waals surface area contributed by atoms with Crippen LogP contribution in [0.25, 0.3) is 0 Å². The molecule has 3 aromatic carbocycles. The summed E-state index contributed by atoms with van der Waals surface area (Å²) in [4.78, 5) is 12.5. The van der Waals surface area contributed by atoms with Gasteiger partial charge in [-0.15, -0.1) is 0 Å². The molecule has 0 atom stereocenters. The van der Waals surface area contributed by atoms with Gasteiger partial charge in [-0.05, 0) is 67.9 Å². The number of benzene rings is 3. The average molecular weight is 347 g/mol. The number of carbonyl (C=O) groups is 1. The van der Waals surface area contributed by atoms with Crippen molar-refractivity contribution >= 4 is 11.6 Å². The van der Waals surface area contributed by atoms with Crippen molar-refractivity contribution < 1.29 is 14.3 Å². The minimum Gasteiger partial charge on any atom is -0.493 e. The summed E-state index contributed by atoms with van der Waals surface area (Å²) in [5.41, 5.74) is 2.34. The number of ether oxygens (including phenoxy) is 2. The third-order valence-corrected chi connectivity index (χ3v) is 3.77. The highest BCUT2D eigenvalue weighted by Gasteiger charge is 2.12. The van der Waals surface area contributed by atoms with Crippen LogP contribution in [0.1, 0.15) is 22.8 Å². The number of carbonyl (C=O) groups excluding carboxylic acids is 1. The van der Waals surface area contributed by atoms with Gasteiger partial charge in [-0.25, -0.2) is 0 Å². The van der Waals surface area contributed by atoms with E-state index in [1.807, 2.05) is 74.5 Å². The molecule has 26 heavy (non-hydrogen) atoms. The molecule has 0 aliphatic carbocycles. The van der Waals surface area contributed by atoms with E-state index in [2.05, 4.69) is 5.32 Å². The molecule has 0 saturated carbocycles. The van der Waals surface area contributed by atoms with E-state index < -0.39 is 0 Å². The smallest absolute Gasteiger partial charge is 0.259 e. The monoisotopic (exact) mass is 347 g/mol. The van der Waals surface area contributed by atoms with Gasteiger partial charge in [0.15, 0.2) is 0 Å². The first kappa shape index (κ1) is 17.5. The number of rotatable bonds is 6. The van der Waals surface area contributed by atoms with Gasteiger partial charge in [-0.3, -0.25) is 4.79 Å². The number of aryl methyl sites for hydroxylation is 1. The van der Waals surface area contributed by atoms with Crippen molar-refractivity contribution in [2.45, 2.75) is 13.8 Å². The number of nitrogens with one attached hydrogen (secondary N) is 1. The lowest BCUT2D eigenvalue weighted by Crippen LogP contribution is -2.13. The van der Waals surface area contributed by atoms with Gasteiger partial charge >= 0.3 is 0 Å². The largest absolute Gasteiger partial charge is 0.493 e. The second kappa shape index (κ2) is 8.21. The van der Waals surface area contributed by atoms with Crippen LogP contribution in [0, 0.1) is 6.92 Å². The maximum Gasteiger partial charge on any atom is 0.259 e. The normalized spacial score (nSPS) is 10.2. The summed E-state index contributed by atoms with van der Waals surface area (Å²) in [5, 5.41) is 2.88. The predicted octanol–water partition coefficient (Wildman–Crippen LogP) is 5.44. The van der Waals surface area contributed by atoms with Gasteiger partial charge in [-0.2, -0.15) is 0 Å². The Labute approximate surface area is 153 Å². The molecular formula is C22H21NO3. The molecule has 0 aliphatic heterocycles. The second-order valence-corrected chi connectivity index (χ2v) is 5.83. The quantitative estimate of drug-likeness (QED) is 0.646. The lowest BCUT2D eigenvalue weighted by molar-refractivity contribution is 0.102. The fraction of sp³-hybridized carbons (Fsp3) is 0.136. The molecule has 4 heteroatoms. The molecule has 4 nitrogen and oxygen atoms in total. The first-order valence-electron chi connectivity index (χ1n) is 8.53. The van der Waals surface area contributed by atoms with Crippen molar-refractivity contribution in [1.82, 2.24) is 0 Å². The van der Waals surface area contributed by atoms with Gasteiger partial charge in [0.25, 0.3) is 5.91 Å². The Kier molecular flexibility index (Phi) is 5.54. The lowest BCUT2D eigenvalue weighted by Gasteiger charge is -2.11. The van der Waals surface area contributed by atoms with Gasteiger partial charge in [0.05, 0.1) is 12.2 Å². The summed E-state index contributed by atoms with van der Waals surface area (Å²) < 4.78 is 11.3. The standard InChI is InChI=1S/C22H21NO3/c1-3-25-21-10-5-4-9-20(21)22(24)23-17-11-13-18(14-12-17)26-19-8-6-7-16(2)15-19/h4-15H,3H2,1-2H3,(H,23,24). The van der Waals surface area contributed by atoms with Crippen LogP contribution in [0.5, 0.6) is 17.2 Å². The number of para-hydroxylation sites is 1. The van der Waals surface area contributed by atoms with Gasteiger partial charge in [0.1, 0.15) is 17.2 Å². The predicted molar refractivity (Wildman–Crippen MR) is 103 cm³/mol.